The maximum Gasteiger partial charge on any atom is 0.123 e. The van der Waals surface area contributed by atoms with Gasteiger partial charge < -0.3 is 0 Å². The summed E-state index contributed by atoms with van der Waals surface area (Å²) in [5.74, 6) is -0.217. The Balaban J connectivity index is 2.83. The van der Waals surface area contributed by atoms with Crippen molar-refractivity contribution in [2.24, 2.45) is 0 Å². The Kier molecular flexibility index (Phi) is 1.32. The lowest BCUT2D eigenvalue weighted by Gasteiger charge is -1.93. The van der Waals surface area contributed by atoms with Gasteiger partial charge in [-0.1, -0.05) is 6.07 Å². The molecule has 1 heterocycles. The minimum absolute atomic E-state index is 0.217. The Morgan fingerprint density at radius 1 is 1.18 bits per heavy atom. The summed E-state index contributed by atoms with van der Waals surface area (Å²) >= 11 is 0. The van der Waals surface area contributed by atoms with Gasteiger partial charge in [0.2, 0.25) is 0 Å². The van der Waals surface area contributed by atoms with Crippen LogP contribution >= 0.6 is 0 Å². The molecule has 0 saturated heterocycles. The lowest BCUT2D eigenvalue weighted by atomic mass is 10.2. The van der Waals surface area contributed by atoms with Gasteiger partial charge in [-0.25, -0.2) is 4.39 Å². The van der Waals surface area contributed by atoms with Crippen LogP contribution in [0.5, 0.6) is 0 Å². The second-order valence-corrected chi connectivity index (χ2v) is 2.34. The van der Waals surface area contributed by atoms with Crippen LogP contribution in [0.4, 0.5) is 4.39 Å². The molecule has 1 nitrogen and oxygen atoms in total. The molecule has 2 heteroatoms. The van der Waals surface area contributed by atoms with E-state index in [-0.39, 0.29) is 5.82 Å². The Morgan fingerprint density at radius 3 is 3.00 bits per heavy atom. The number of fused-ring (bicyclic) bond motifs is 1. The van der Waals surface area contributed by atoms with Crippen molar-refractivity contribution in [1.82, 2.24) is 4.98 Å². The van der Waals surface area contributed by atoms with Crippen LogP contribution in [0.15, 0.2) is 36.5 Å². The van der Waals surface area contributed by atoms with Crippen LogP contribution in [0.3, 0.4) is 0 Å². The van der Waals surface area contributed by atoms with E-state index in [4.69, 9.17) is 0 Å². The van der Waals surface area contributed by atoms with Crippen LogP contribution in [-0.4, -0.2) is 4.98 Å². The number of benzene rings is 1. The minimum Gasteiger partial charge on any atom is -0.256 e. The fourth-order valence-corrected chi connectivity index (χ4v) is 1.05. The van der Waals surface area contributed by atoms with Crippen molar-refractivity contribution in [2.45, 2.75) is 0 Å². The van der Waals surface area contributed by atoms with Crippen LogP contribution < -0.4 is 0 Å². The van der Waals surface area contributed by atoms with E-state index in [2.05, 4.69) is 4.98 Å². The summed E-state index contributed by atoms with van der Waals surface area (Å²) in [6, 6.07) is 8.19. The zero-order valence-corrected chi connectivity index (χ0v) is 5.79. The van der Waals surface area contributed by atoms with E-state index in [9.17, 15) is 4.39 Å². The molecule has 1 aromatic heterocycles. The standard InChI is InChI=1S/C9H6FN/c10-8-3-4-9-7(6-8)2-1-5-11-9/h1-6H. The van der Waals surface area contributed by atoms with Crippen LogP contribution in [0.25, 0.3) is 10.9 Å². The number of rotatable bonds is 0. The van der Waals surface area contributed by atoms with Crippen molar-refractivity contribution in [2.75, 3.05) is 0 Å². The molecule has 0 amide bonds. The normalized spacial score (nSPS) is 10.3. The second kappa shape index (κ2) is 2.31. The Bertz CT molecular complexity index is 384. The van der Waals surface area contributed by atoms with E-state index >= 15 is 0 Å². The summed E-state index contributed by atoms with van der Waals surface area (Å²) in [5, 5.41) is 0.840. The zero-order chi connectivity index (χ0) is 7.68. The Morgan fingerprint density at radius 2 is 2.09 bits per heavy atom. The molecule has 1 aromatic carbocycles. The van der Waals surface area contributed by atoms with Crippen LogP contribution in [0.2, 0.25) is 0 Å². The fraction of sp³-hybridized carbons (Fsp3) is 0. The third-order valence-corrected chi connectivity index (χ3v) is 1.57. The molecule has 0 aliphatic heterocycles. The van der Waals surface area contributed by atoms with E-state index in [1.807, 2.05) is 6.07 Å². The second-order valence-electron chi connectivity index (χ2n) is 2.34. The molecule has 2 aromatic rings. The van der Waals surface area contributed by atoms with Gasteiger partial charge in [0.25, 0.3) is 0 Å². The first-order valence-corrected chi connectivity index (χ1v) is 3.36. The largest absolute Gasteiger partial charge is 0.256 e. The highest BCUT2D eigenvalue weighted by Crippen LogP contribution is 2.11. The molecule has 0 aliphatic rings. The molecule has 54 valence electrons. The Hall–Kier alpha value is -1.44. The van der Waals surface area contributed by atoms with Crippen molar-refractivity contribution >= 4 is 10.9 Å². The van der Waals surface area contributed by atoms with Crippen molar-refractivity contribution in [3.05, 3.63) is 42.3 Å². The van der Waals surface area contributed by atoms with E-state index in [0.717, 1.165) is 10.9 Å². The smallest absolute Gasteiger partial charge is 0.123 e. The molecule has 0 aliphatic carbocycles. The summed E-state index contributed by atoms with van der Waals surface area (Å²) in [6.45, 7) is 0. The molecule has 0 N–H and O–H groups in total. The lowest BCUT2D eigenvalue weighted by Crippen LogP contribution is -1.78. The predicted molar refractivity (Wildman–Crippen MR) is 41.7 cm³/mol. The van der Waals surface area contributed by atoms with Gasteiger partial charge in [0.15, 0.2) is 0 Å². The number of hydrogen-bond donors (Lipinski definition) is 0. The first kappa shape index (κ1) is 6.28. The van der Waals surface area contributed by atoms with Gasteiger partial charge in [0, 0.05) is 11.6 Å². The number of aromatic nitrogens is 1. The molecule has 0 atom stereocenters. The van der Waals surface area contributed by atoms with Crippen LogP contribution in [0, 0.1) is 5.82 Å². The summed E-state index contributed by atoms with van der Waals surface area (Å²) in [7, 11) is 0. The molecule has 0 fully saturated rings. The van der Waals surface area contributed by atoms with Crippen LogP contribution in [-0.2, 0) is 0 Å². The Labute approximate surface area is 63.5 Å². The maximum atomic E-state index is 12.6. The summed E-state index contributed by atoms with van der Waals surface area (Å²) in [4.78, 5) is 4.06. The number of pyridine rings is 1. The number of nitrogens with zero attached hydrogens (tertiary/aromatic N) is 1. The van der Waals surface area contributed by atoms with Gasteiger partial charge in [-0.3, -0.25) is 4.98 Å². The van der Waals surface area contributed by atoms with Crippen molar-refractivity contribution < 1.29 is 4.39 Å². The van der Waals surface area contributed by atoms with Crippen LogP contribution in [0.1, 0.15) is 0 Å². The molecular formula is C9H6FN. The van der Waals surface area contributed by atoms with E-state index in [1.165, 1.54) is 12.1 Å². The van der Waals surface area contributed by atoms with Gasteiger partial charge in [-0.05, 0) is 24.3 Å². The lowest BCUT2D eigenvalue weighted by molar-refractivity contribution is 0.629. The first-order chi connectivity index (χ1) is 5.36. The fourth-order valence-electron chi connectivity index (χ4n) is 1.05. The van der Waals surface area contributed by atoms with Gasteiger partial charge >= 0.3 is 0 Å². The molecule has 11 heavy (non-hydrogen) atoms. The van der Waals surface area contributed by atoms with Gasteiger partial charge in [0.1, 0.15) is 5.82 Å². The highest BCUT2D eigenvalue weighted by atomic mass is 19.1. The molecule has 2 rings (SSSR count). The quantitative estimate of drug-likeness (QED) is 0.557. The van der Waals surface area contributed by atoms with Crippen molar-refractivity contribution in [1.29, 1.82) is 0 Å². The average Bonchev–Trinajstić information content (AvgIpc) is 2.04. The maximum absolute atomic E-state index is 12.6. The molecule has 0 unspecified atom stereocenters. The number of halogens is 1. The van der Waals surface area contributed by atoms with Gasteiger partial charge in [-0.2, -0.15) is 0 Å². The highest BCUT2D eigenvalue weighted by Gasteiger charge is 1.93. The minimum atomic E-state index is -0.217. The van der Waals surface area contributed by atoms with E-state index in [0.29, 0.717) is 0 Å². The highest BCUT2D eigenvalue weighted by molar-refractivity contribution is 5.77. The molecule has 0 bridgehead atoms. The molecule has 0 spiro atoms. The third kappa shape index (κ3) is 1.07. The molecular weight excluding hydrogens is 141 g/mol. The summed E-state index contributed by atoms with van der Waals surface area (Å²) in [6.07, 6.45) is 1.69. The SMILES string of the molecule is Fc1ccc2ncccc2c1. The van der Waals surface area contributed by atoms with Gasteiger partial charge in [0.05, 0.1) is 5.52 Å². The van der Waals surface area contributed by atoms with Crippen molar-refractivity contribution in [3.63, 3.8) is 0 Å². The predicted octanol–water partition coefficient (Wildman–Crippen LogP) is 2.37. The zero-order valence-electron chi connectivity index (χ0n) is 5.79. The molecule has 0 saturated carbocycles. The van der Waals surface area contributed by atoms with Crippen molar-refractivity contribution in [3.8, 4) is 0 Å². The average molecular weight is 147 g/mol. The summed E-state index contributed by atoms with van der Waals surface area (Å²) in [5.41, 5.74) is 0.828. The first-order valence-electron chi connectivity index (χ1n) is 3.36. The van der Waals surface area contributed by atoms with E-state index < -0.39 is 0 Å². The molecule has 0 radical (unpaired) electrons. The topological polar surface area (TPSA) is 12.9 Å². The monoisotopic (exact) mass is 147 g/mol. The number of hydrogen-bond acceptors (Lipinski definition) is 1. The third-order valence-electron chi connectivity index (χ3n) is 1.57. The summed E-state index contributed by atoms with van der Waals surface area (Å²) < 4.78 is 12.6. The van der Waals surface area contributed by atoms with E-state index in [1.54, 1.807) is 18.3 Å². The van der Waals surface area contributed by atoms with Gasteiger partial charge in [-0.15, -0.1) is 0 Å².